The fraction of sp³-hybridized carbons (Fsp3) is 1.00. The van der Waals surface area contributed by atoms with Crippen LogP contribution in [-0.2, 0) is 0 Å². The van der Waals surface area contributed by atoms with Crippen LogP contribution in [0.4, 0.5) is 0 Å². The van der Waals surface area contributed by atoms with Gasteiger partial charge < -0.3 is 10.4 Å². The van der Waals surface area contributed by atoms with E-state index >= 15 is 0 Å². The molecule has 0 bridgehead atoms. The minimum atomic E-state index is -0.418. The second-order valence-corrected chi connectivity index (χ2v) is 4.46. The van der Waals surface area contributed by atoms with Gasteiger partial charge in [-0.3, -0.25) is 0 Å². The molecule has 2 nitrogen and oxygen atoms in total. The summed E-state index contributed by atoms with van der Waals surface area (Å²) in [6.07, 6.45) is 6.93. The molecule has 0 aromatic heterocycles. The van der Waals surface area contributed by atoms with Gasteiger partial charge in [0.15, 0.2) is 0 Å². The number of hydrogen-bond acceptors (Lipinski definition) is 2. The zero-order valence-corrected chi connectivity index (χ0v) is 8.97. The summed E-state index contributed by atoms with van der Waals surface area (Å²) >= 11 is 0. The first-order valence-electron chi connectivity index (χ1n) is 5.57. The largest absolute Gasteiger partial charge is 0.389 e. The van der Waals surface area contributed by atoms with Gasteiger partial charge in [-0.15, -0.1) is 0 Å². The van der Waals surface area contributed by atoms with Gasteiger partial charge in [-0.1, -0.05) is 26.2 Å². The molecular formula is C11H23NO. The van der Waals surface area contributed by atoms with Gasteiger partial charge in [0, 0.05) is 6.54 Å². The normalized spacial score (nSPS) is 35.8. The number of rotatable bonds is 3. The van der Waals surface area contributed by atoms with Crippen LogP contribution in [-0.4, -0.2) is 24.3 Å². The topological polar surface area (TPSA) is 32.3 Å². The lowest BCUT2D eigenvalue weighted by molar-refractivity contribution is 0.0261. The molecule has 0 saturated heterocycles. The zero-order chi connectivity index (χ0) is 9.73. The van der Waals surface area contributed by atoms with Gasteiger partial charge in [-0.25, -0.2) is 0 Å². The van der Waals surface area contributed by atoms with Crippen LogP contribution in [0.25, 0.3) is 0 Å². The Hall–Kier alpha value is -0.0800. The van der Waals surface area contributed by atoms with Crippen molar-refractivity contribution < 1.29 is 5.11 Å². The van der Waals surface area contributed by atoms with Crippen LogP contribution in [0.3, 0.4) is 0 Å². The molecule has 2 unspecified atom stereocenters. The first-order chi connectivity index (χ1) is 6.20. The number of likely N-dealkylation sites (N-methyl/N-ethyl adjacent to an activating group) is 1. The molecule has 0 aromatic carbocycles. The SMILES string of the molecule is CCC1CCCC(O)(CNC)CC1. The maximum absolute atomic E-state index is 10.2. The molecule has 1 fully saturated rings. The lowest BCUT2D eigenvalue weighted by atomic mass is 9.93. The van der Waals surface area contributed by atoms with Crippen molar-refractivity contribution in [2.45, 2.75) is 51.0 Å². The minimum Gasteiger partial charge on any atom is -0.389 e. The maximum Gasteiger partial charge on any atom is 0.0771 e. The standard InChI is InChI=1S/C11H23NO/c1-3-10-5-4-7-11(13,8-6-10)9-12-2/h10,12-13H,3-9H2,1-2H3. The van der Waals surface area contributed by atoms with Crippen molar-refractivity contribution in [3.8, 4) is 0 Å². The van der Waals surface area contributed by atoms with E-state index in [1.807, 2.05) is 7.05 Å². The molecule has 0 aliphatic heterocycles. The maximum atomic E-state index is 10.2. The summed E-state index contributed by atoms with van der Waals surface area (Å²) in [5.74, 6) is 0.853. The third-order valence-electron chi connectivity index (χ3n) is 3.36. The Bertz CT molecular complexity index is 149. The quantitative estimate of drug-likeness (QED) is 0.658. The first kappa shape index (κ1) is 11.0. The number of aliphatic hydroxyl groups is 1. The Morgan fingerprint density at radius 1 is 1.38 bits per heavy atom. The van der Waals surface area contributed by atoms with Crippen molar-refractivity contribution in [2.24, 2.45) is 5.92 Å². The average Bonchev–Trinajstić information content (AvgIpc) is 2.28. The van der Waals surface area contributed by atoms with Crippen molar-refractivity contribution >= 4 is 0 Å². The van der Waals surface area contributed by atoms with E-state index < -0.39 is 5.60 Å². The van der Waals surface area contributed by atoms with E-state index in [4.69, 9.17) is 0 Å². The van der Waals surface area contributed by atoms with Crippen LogP contribution in [0.5, 0.6) is 0 Å². The second-order valence-electron chi connectivity index (χ2n) is 4.46. The first-order valence-corrected chi connectivity index (χ1v) is 5.57. The lowest BCUT2D eigenvalue weighted by Gasteiger charge is -2.26. The van der Waals surface area contributed by atoms with Crippen molar-refractivity contribution in [3.63, 3.8) is 0 Å². The van der Waals surface area contributed by atoms with Gasteiger partial charge in [0.25, 0.3) is 0 Å². The third kappa shape index (κ3) is 3.28. The highest BCUT2D eigenvalue weighted by Gasteiger charge is 2.29. The van der Waals surface area contributed by atoms with Gasteiger partial charge in [-0.2, -0.15) is 0 Å². The minimum absolute atomic E-state index is 0.418. The Kier molecular flexibility index (Phi) is 4.20. The summed E-state index contributed by atoms with van der Waals surface area (Å²) in [4.78, 5) is 0. The smallest absolute Gasteiger partial charge is 0.0771 e. The van der Waals surface area contributed by atoms with Gasteiger partial charge in [0.1, 0.15) is 0 Å². The van der Waals surface area contributed by atoms with Crippen molar-refractivity contribution in [1.29, 1.82) is 0 Å². The molecule has 1 aliphatic rings. The zero-order valence-electron chi connectivity index (χ0n) is 8.97. The Morgan fingerprint density at radius 3 is 2.77 bits per heavy atom. The molecule has 0 radical (unpaired) electrons. The molecule has 0 aromatic rings. The molecule has 0 amide bonds. The van der Waals surface area contributed by atoms with E-state index in [-0.39, 0.29) is 0 Å². The van der Waals surface area contributed by atoms with E-state index in [9.17, 15) is 5.11 Å². The predicted octanol–water partition coefficient (Wildman–Crippen LogP) is 1.93. The van der Waals surface area contributed by atoms with Gasteiger partial charge >= 0.3 is 0 Å². The molecule has 1 saturated carbocycles. The molecular weight excluding hydrogens is 162 g/mol. The molecule has 13 heavy (non-hydrogen) atoms. The fourth-order valence-corrected chi connectivity index (χ4v) is 2.38. The molecule has 0 heterocycles. The van der Waals surface area contributed by atoms with E-state index in [1.165, 1.54) is 25.7 Å². The fourth-order valence-electron chi connectivity index (χ4n) is 2.38. The Balaban J connectivity index is 2.42. The molecule has 2 atom stereocenters. The molecule has 1 rings (SSSR count). The number of hydrogen-bond donors (Lipinski definition) is 2. The monoisotopic (exact) mass is 185 g/mol. The molecule has 2 heteroatoms. The van der Waals surface area contributed by atoms with Gasteiger partial charge in [0.05, 0.1) is 5.60 Å². The van der Waals surface area contributed by atoms with Crippen LogP contribution >= 0.6 is 0 Å². The summed E-state index contributed by atoms with van der Waals surface area (Å²) < 4.78 is 0. The van der Waals surface area contributed by atoms with E-state index in [2.05, 4.69) is 12.2 Å². The van der Waals surface area contributed by atoms with Crippen LogP contribution in [0, 0.1) is 5.92 Å². The molecule has 1 aliphatic carbocycles. The average molecular weight is 185 g/mol. The third-order valence-corrected chi connectivity index (χ3v) is 3.36. The predicted molar refractivity (Wildman–Crippen MR) is 55.7 cm³/mol. The highest BCUT2D eigenvalue weighted by atomic mass is 16.3. The highest BCUT2D eigenvalue weighted by Crippen LogP contribution is 2.31. The molecule has 0 spiro atoms. The van der Waals surface area contributed by atoms with Crippen molar-refractivity contribution in [3.05, 3.63) is 0 Å². The summed E-state index contributed by atoms with van der Waals surface area (Å²) in [5.41, 5.74) is -0.418. The lowest BCUT2D eigenvalue weighted by Crippen LogP contribution is -2.38. The summed E-state index contributed by atoms with van der Waals surface area (Å²) in [5, 5.41) is 13.3. The summed E-state index contributed by atoms with van der Waals surface area (Å²) in [7, 11) is 1.92. The summed E-state index contributed by atoms with van der Waals surface area (Å²) in [6, 6.07) is 0. The van der Waals surface area contributed by atoms with Crippen molar-refractivity contribution in [2.75, 3.05) is 13.6 Å². The highest BCUT2D eigenvalue weighted by molar-refractivity contribution is 4.84. The van der Waals surface area contributed by atoms with Crippen LogP contribution in [0.1, 0.15) is 45.4 Å². The van der Waals surface area contributed by atoms with Crippen LogP contribution in [0.2, 0.25) is 0 Å². The van der Waals surface area contributed by atoms with Crippen LogP contribution < -0.4 is 5.32 Å². The Morgan fingerprint density at radius 2 is 2.15 bits per heavy atom. The van der Waals surface area contributed by atoms with E-state index in [0.29, 0.717) is 0 Å². The molecule has 78 valence electrons. The Labute approximate surface area is 81.7 Å². The van der Waals surface area contributed by atoms with Gasteiger partial charge in [0.2, 0.25) is 0 Å². The molecule has 2 N–H and O–H groups in total. The van der Waals surface area contributed by atoms with Crippen LogP contribution in [0.15, 0.2) is 0 Å². The number of nitrogens with one attached hydrogen (secondary N) is 1. The van der Waals surface area contributed by atoms with Crippen molar-refractivity contribution in [1.82, 2.24) is 5.32 Å². The van der Waals surface area contributed by atoms with E-state index in [0.717, 1.165) is 25.3 Å². The van der Waals surface area contributed by atoms with E-state index in [1.54, 1.807) is 0 Å². The second kappa shape index (κ2) is 4.97. The summed E-state index contributed by atoms with van der Waals surface area (Å²) in [6.45, 7) is 3.01. The van der Waals surface area contributed by atoms with Gasteiger partial charge in [-0.05, 0) is 32.2 Å².